The molecule has 0 unspecified atom stereocenters. The molecule has 0 saturated carbocycles. The van der Waals surface area contributed by atoms with E-state index in [-0.39, 0.29) is 12.2 Å². The summed E-state index contributed by atoms with van der Waals surface area (Å²) in [6.07, 6.45) is 7.26. The molecule has 0 fully saturated rings. The molecule has 0 saturated heterocycles. The monoisotopic (exact) mass is 258 g/mol. The zero-order valence-electron chi connectivity index (χ0n) is 11.3. The average Bonchev–Trinajstić information content (AvgIpc) is 2.89. The van der Waals surface area contributed by atoms with Gasteiger partial charge in [-0.3, -0.25) is 9.48 Å². The Morgan fingerprint density at radius 2 is 2.11 bits per heavy atom. The van der Waals surface area contributed by atoms with Crippen molar-refractivity contribution in [3.8, 4) is 0 Å². The first-order valence-electron chi connectivity index (χ1n) is 6.57. The van der Waals surface area contributed by atoms with Crippen LogP contribution in [0.3, 0.4) is 0 Å². The van der Waals surface area contributed by atoms with E-state index in [0.29, 0.717) is 11.7 Å². The molecule has 2 rings (SSSR count). The number of carbonyl (C=O) groups is 1. The van der Waals surface area contributed by atoms with Gasteiger partial charge in [-0.2, -0.15) is 5.10 Å². The van der Waals surface area contributed by atoms with Gasteiger partial charge in [0.1, 0.15) is 12.0 Å². The Hall–Kier alpha value is -2.04. The fraction of sp³-hybridized carbons (Fsp3) is 0.429. The van der Waals surface area contributed by atoms with Crippen molar-refractivity contribution in [3.05, 3.63) is 42.2 Å². The summed E-state index contributed by atoms with van der Waals surface area (Å²) < 4.78 is 1.95. The number of rotatable bonds is 6. The largest absolute Gasteiger partial charge is 0.292 e. The molecule has 19 heavy (non-hydrogen) atoms. The van der Waals surface area contributed by atoms with E-state index >= 15 is 0 Å². The van der Waals surface area contributed by atoms with Crippen LogP contribution in [0.25, 0.3) is 0 Å². The van der Waals surface area contributed by atoms with E-state index in [0.717, 1.165) is 18.5 Å². The second-order valence-corrected chi connectivity index (χ2v) is 4.45. The highest BCUT2D eigenvalue weighted by molar-refractivity contribution is 5.95. The van der Waals surface area contributed by atoms with Crippen molar-refractivity contribution in [2.75, 3.05) is 0 Å². The molecular weight excluding hydrogens is 240 g/mol. The van der Waals surface area contributed by atoms with Gasteiger partial charge in [-0.05, 0) is 25.0 Å². The molecule has 0 aliphatic heterocycles. The van der Waals surface area contributed by atoms with Gasteiger partial charge in [0.05, 0.1) is 18.2 Å². The predicted molar refractivity (Wildman–Crippen MR) is 71.9 cm³/mol. The summed E-state index contributed by atoms with van der Waals surface area (Å²) in [7, 11) is 0. The normalized spacial score (nSPS) is 10.9. The van der Waals surface area contributed by atoms with Crippen molar-refractivity contribution < 1.29 is 4.79 Å². The number of carbonyl (C=O) groups excluding carboxylic acids is 1. The lowest BCUT2D eigenvalue weighted by molar-refractivity contribution is 0.0986. The first-order chi connectivity index (χ1) is 9.24. The fourth-order valence-electron chi connectivity index (χ4n) is 2.05. The predicted octanol–water partition coefficient (Wildman–Crippen LogP) is 2.46. The van der Waals surface area contributed by atoms with Gasteiger partial charge in [0.25, 0.3) is 0 Å². The number of nitrogens with zero attached hydrogens (tertiary/aromatic N) is 4. The lowest BCUT2D eigenvalue weighted by Crippen LogP contribution is -2.10. The third kappa shape index (κ3) is 3.24. The molecule has 0 atom stereocenters. The smallest absolute Gasteiger partial charge is 0.187 e. The van der Waals surface area contributed by atoms with Crippen molar-refractivity contribution in [1.29, 1.82) is 0 Å². The Balaban J connectivity index is 2.06. The maximum atomic E-state index is 12.0. The highest BCUT2D eigenvalue weighted by Crippen LogP contribution is 2.15. The van der Waals surface area contributed by atoms with Crippen LogP contribution >= 0.6 is 0 Å². The summed E-state index contributed by atoms with van der Waals surface area (Å²) in [6.45, 7) is 4.28. The van der Waals surface area contributed by atoms with Crippen molar-refractivity contribution in [3.63, 3.8) is 0 Å². The van der Waals surface area contributed by atoms with Gasteiger partial charge >= 0.3 is 0 Å². The maximum absolute atomic E-state index is 12.0. The molecule has 0 radical (unpaired) electrons. The number of ketones is 1. The maximum Gasteiger partial charge on any atom is 0.187 e. The van der Waals surface area contributed by atoms with Gasteiger partial charge in [-0.15, -0.1) is 0 Å². The fourth-order valence-corrected chi connectivity index (χ4v) is 2.05. The van der Waals surface area contributed by atoms with Crippen LogP contribution in [0, 0.1) is 0 Å². The van der Waals surface area contributed by atoms with Crippen molar-refractivity contribution in [2.24, 2.45) is 0 Å². The molecule has 0 aliphatic rings. The highest BCUT2D eigenvalue weighted by Gasteiger charge is 2.12. The molecule has 5 heteroatoms. The van der Waals surface area contributed by atoms with Gasteiger partial charge in [-0.25, -0.2) is 9.97 Å². The van der Waals surface area contributed by atoms with Crippen LogP contribution in [0.1, 0.15) is 48.9 Å². The molecule has 5 nitrogen and oxygen atoms in total. The number of aromatic nitrogens is 4. The highest BCUT2D eigenvalue weighted by atomic mass is 16.1. The van der Waals surface area contributed by atoms with Crippen LogP contribution in [-0.4, -0.2) is 25.5 Å². The van der Waals surface area contributed by atoms with E-state index in [9.17, 15) is 4.79 Å². The molecule has 2 aromatic heterocycles. The van der Waals surface area contributed by atoms with Gasteiger partial charge in [0, 0.05) is 12.4 Å². The quantitative estimate of drug-likeness (QED) is 0.747. The van der Waals surface area contributed by atoms with E-state index < -0.39 is 0 Å². The molecule has 0 aliphatic carbocycles. The minimum absolute atomic E-state index is 0.0304. The third-order valence-corrected chi connectivity index (χ3v) is 3.19. The van der Waals surface area contributed by atoms with Gasteiger partial charge in [0.2, 0.25) is 0 Å². The van der Waals surface area contributed by atoms with Crippen molar-refractivity contribution in [1.82, 2.24) is 19.7 Å². The van der Waals surface area contributed by atoms with E-state index in [1.807, 2.05) is 16.9 Å². The zero-order valence-corrected chi connectivity index (χ0v) is 11.3. The van der Waals surface area contributed by atoms with Gasteiger partial charge in [0.15, 0.2) is 5.78 Å². The van der Waals surface area contributed by atoms with Crippen LogP contribution in [0.2, 0.25) is 0 Å². The zero-order chi connectivity index (χ0) is 13.7. The second-order valence-electron chi connectivity index (χ2n) is 4.45. The molecule has 100 valence electrons. The third-order valence-electron chi connectivity index (χ3n) is 3.19. The van der Waals surface area contributed by atoms with Crippen LogP contribution < -0.4 is 0 Å². The molecule has 0 N–H and O–H groups in total. The summed E-state index contributed by atoms with van der Waals surface area (Å²) in [5, 5.41) is 4.47. The van der Waals surface area contributed by atoms with Crippen LogP contribution in [0.15, 0.2) is 30.9 Å². The molecule has 2 aromatic rings. The summed E-state index contributed by atoms with van der Waals surface area (Å²) >= 11 is 0. The Labute approximate surface area is 112 Å². The average molecular weight is 258 g/mol. The summed E-state index contributed by atoms with van der Waals surface area (Å²) in [5.41, 5.74) is 1.22. The first kappa shape index (κ1) is 13.4. The SMILES string of the molecule is CCC(CC)n1ccc(CC(=O)c2ccncn2)n1. The van der Waals surface area contributed by atoms with E-state index in [2.05, 4.69) is 28.9 Å². The Bertz CT molecular complexity index is 531. The summed E-state index contributed by atoms with van der Waals surface area (Å²) in [4.78, 5) is 19.7. The van der Waals surface area contributed by atoms with E-state index in [1.165, 1.54) is 6.33 Å². The van der Waals surface area contributed by atoms with Crippen LogP contribution in [0.4, 0.5) is 0 Å². The summed E-state index contributed by atoms with van der Waals surface area (Å²) in [6, 6.07) is 3.93. The van der Waals surface area contributed by atoms with Crippen molar-refractivity contribution >= 4 is 5.78 Å². The second kappa shape index (κ2) is 6.22. The molecular formula is C14H18N4O. The summed E-state index contributed by atoms with van der Waals surface area (Å²) in [5.74, 6) is -0.0304. The Morgan fingerprint density at radius 3 is 2.74 bits per heavy atom. The Kier molecular flexibility index (Phi) is 4.39. The van der Waals surface area contributed by atoms with E-state index in [4.69, 9.17) is 0 Å². The van der Waals surface area contributed by atoms with Crippen LogP contribution in [-0.2, 0) is 6.42 Å². The topological polar surface area (TPSA) is 60.7 Å². The molecule has 0 amide bonds. The van der Waals surface area contributed by atoms with Crippen LogP contribution in [0.5, 0.6) is 0 Å². The molecule has 0 aromatic carbocycles. The number of hydrogen-bond acceptors (Lipinski definition) is 4. The molecule has 0 bridgehead atoms. The first-order valence-corrected chi connectivity index (χ1v) is 6.57. The van der Waals surface area contributed by atoms with E-state index in [1.54, 1.807) is 12.3 Å². The van der Waals surface area contributed by atoms with Gasteiger partial charge in [-0.1, -0.05) is 13.8 Å². The minimum atomic E-state index is -0.0304. The molecule has 0 spiro atoms. The number of Topliss-reactive ketones (excluding diaryl/α,β-unsaturated/α-hetero) is 1. The lowest BCUT2D eigenvalue weighted by atomic mass is 10.2. The number of hydrogen-bond donors (Lipinski definition) is 0. The Morgan fingerprint density at radius 1 is 1.32 bits per heavy atom. The standard InChI is InChI=1S/C14H18N4O/c1-3-12(4-2)18-8-6-11(17-18)9-14(19)13-5-7-15-10-16-13/h5-8,10,12H,3-4,9H2,1-2H3. The van der Waals surface area contributed by atoms with Crippen molar-refractivity contribution in [2.45, 2.75) is 39.2 Å². The molecule has 2 heterocycles. The minimum Gasteiger partial charge on any atom is -0.292 e. The van der Waals surface area contributed by atoms with Gasteiger partial charge < -0.3 is 0 Å². The lowest BCUT2D eigenvalue weighted by Gasteiger charge is -2.12.